The maximum atomic E-state index is 13.7. The number of ether oxygens (including phenoxy) is 2. The summed E-state index contributed by atoms with van der Waals surface area (Å²) in [4.78, 5) is 11.4. The highest BCUT2D eigenvalue weighted by atomic mass is 19.1. The number of halogens is 1. The molecule has 0 aliphatic heterocycles. The Balaban J connectivity index is 2.56. The predicted molar refractivity (Wildman–Crippen MR) is 62.7 cm³/mol. The third-order valence-electron chi connectivity index (χ3n) is 3.61. The van der Waals surface area contributed by atoms with Crippen LogP contribution in [0.1, 0.15) is 24.8 Å². The summed E-state index contributed by atoms with van der Waals surface area (Å²) in [5, 5.41) is 9.37. The van der Waals surface area contributed by atoms with E-state index in [-0.39, 0.29) is 5.75 Å². The van der Waals surface area contributed by atoms with E-state index in [1.54, 1.807) is 0 Å². The van der Waals surface area contributed by atoms with Gasteiger partial charge in [-0.2, -0.15) is 0 Å². The summed E-state index contributed by atoms with van der Waals surface area (Å²) >= 11 is 0. The van der Waals surface area contributed by atoms with E-state index < -0.39 is 17.2 Å². The van der Waals surface area contributed by atoms with E-state index in [4.69, 9.17) is 9.47 Å². The SMILES string of the molecule is COc1cc(OC)c(C2(C(=O)O)CCC2)cc1F. The first-order chi connectivity index (χ1) is 8.55. The van der Waals surface area contributed by atoms with E-state index in [9.17, 15) is 14.3 Å². The third kappa shape index (κ3) is 1.70. The molecule has 18 heavy (non-hydrogen) atoms. The molecule has 0 radical (unpaired) electrons. The first kappa shape index (κ1) is 12.7. The lowest BCUT2D eigenvalue weighted by Crippen LogP contribution is -2.42. The number of carboxylic acids is 1. The molecular formula is C13H15FO4. The normalized spacial score (nSPS) is 16.8. The summed E-state index contributed by atoms with van der Waals surface area (Å²) in [6, 6.07) is 2.61. The van der Waals surface area contributed by atoms with Crippen LogP contribution in [0.25, 0.3) is 0 Å². The van der Waals surface area contributed by atoms with Crippen molar-refractivity contribution in [3.63, 3.8) is 0 Å². The van der Waals surface area contributed by atoms with E-state index in [0.717, 1.165) is 6.42 Å². The van der Waals surface area contributed by atoms with Crippen molar-refractivity contribution in [2.45, 2.75) is 24.7 Å². The molecule has 0 heterocycles. The highest BCUT2D eigenvalue weighted by molar-refractivity contribution is 5.84. The molecule has 1 N–H and O–H groups in total. The van der Waals surface area contributed by atoms with Crippen LogP contribution in [-0.4, -0.2) is 25.3 Å². The van der Waals surface area contributed by atoms with Crippen LogP contribution in [0, 0.1) is 5.82 Å². The highest BCUT2D eigenvalue weighted by Crippen LogP contribution is 2.48. The van der Waals surface area contributed by atoms with Crippen molar-refractivity contribution >= 4 is 5.97 Å². The van der Waals surface area contributed by atoms with E-state index in [1.165, 1.54) is 26.4 Å². The molecule has 0 spiro atoms. The van der Waals surface area contributed by atoms with Crippen LogP contribution in [0.15, 0.2) is 12.1 Å². The van der Waals surface area contributed by atoms with E-state index in [2.05, 4.69) is 0 Å². The Kier molecular flexibility index (Phi) is 3.15. The molecule has 0 unspecified atom stereocenters. The van der Waals surface area contributed by atoms with Crippen LogP contribution < -0.4 is 9.47 Å². The predicted octanol–water partition coefficient (Wildman–Crippen LogP) is 2.35. The Labute approximate surface area is 104 Å². The van der Waals surface area contributed by atoms with Crippen LogP contribution in [-0.2, 0) is 10.2 Å². The molecule has 2 rings (SSSR count). The van der Waals surface area contributed by atoms with Gasteiger partial charge in [0, 0.05) is 11.6 Å². The number of methoxy groups -OCH3 is 2. The zero-order valence-electron chi connectivity index (χ0n) is 10.3. The van der Waals surface area contributed by atoms with Crippen LogP contribution in [0.3, 0.4) is 0 Å². The molecule has 1 aliphatic carbocycles. The van der Waals surface area contributed by atoms with Crippen LogP contribution in [0.2, 0.25) is 0 Å². The zero-order chi connectivity index (χ0) is 13.3. The van der Waals surface area contributed by atoms with Crippen molar-refractivity contribution < 1.29 is 23.8 Å². The molecule has 1 aromatic rings. The summed E-state index contributed by atoms with van der Waals surface area (Å²) in [6.07, 6.45) is 1.83. The number of aliphatic carboxylic acids is 1. The van der Waals surface area contributed by atoms with Gasteiger partial charge in [-0.1, -0.05) is 6.42 Å². The second-order valence-electron chi connectivity index (χ2n) is 4.43. The minimum absolute atomic E-state index is 0.0514. The Hall–Kier alpha value is -1.78. The number of hydrogen-bond acceptors (Lipinski definition) is 3. The van der Waals surface area contributed by atoms with E-state index >= 15 is 0 Å². The summed E-state index contributed by atoms with van der Waals surface area (Å²) < 4.78 is 23.8. The molecule has 1 aliphatic rings. The van der Waals surface area contributed by atoms with Gasteiger partial charge in [0.15, 0.2) is 11.6 Å². The lowest BCUT2D eigenvalue weighted by Gasteiger charge is -2.38. The molecule has 0 saturated heterocycles. The van der Waals surface area contributed by atoms with Gasteiger partial charge in [0.05, 0.1) is 19.6 Å². The largest absolute Gasteiger partial charge is 0.496 e. The lowest BCUT2D eigenvalue weighted by atomic mass is 9.64. The van der Waals surface area contributed by atoms with Gasteiger partial charge in [0.25, 0.3) is 0 Å². The second-order valence-corrected chi connectivity index (χ2v) is 4.43. The Morgan fingerprint density at radius 2 is 1.89 bits per heavy atom. The summed E-state index contributed by atoms with van der Waals surface area (Å²) in [5.41, 5.74) is -0.625. The Bertz CT molecular complexity index is 480. The van der Waals surface area contributed by atoms with Gasteiger partial charge >= 0.3 is 5.97 Å². The van der Waals surface area contributed by atoms with Crippen molar-refractivity contribution in [3.8, 4) is 11.5 Å². The number of carboxylic acid groups (broad SMARTS) is 1. The molecule has 1 saturated carbocycles. The van der Waals surface area contributed by atoms with Crippen molar-refractivity contribution in [3.05, 3.63) is 23.5 Å². The van der Waals surface area contributed by atoms with Gasteiger partial charge < -0.3 is 14.6 Å². The maximum absolute atomic E-state index is 13.7. The van der Waals surface area contributed by atoms with Gasteiger partial charge in [-0.15, -0.1) is 0 Å². The first-order valence-electron chi connectivity index (χ1n) is 5.70. The van der Waals surface area contributed by atoms with Crippen LogP contribution in [0.5, 0.6) is 11.5 Å². The minimum Gasteiger partial charge on any atom is -0.496 e. The molecule has 0 atom stereocenters. The van der Waals surface area contributed by atoms with Gasteiger partial charge in [0.2, 0.25) is 0 Å². The smallest absolute Gasteiger partial charge is 0.314 e. The number of hydrogen-bond donors (Lipinski definition) is 1. The fourth-order valence-electron chi connectivity index (χ4n) is 2.36. The average Bonchev–Trinajstić information content (AvgIpc) is 2.27. The molecule has 0 amide bonds. The molecule has 1 aromatic carbocycles. The molecular weight excluding hydrogens is 239 g/mol. The second kappa shape index (κ2) is 4.48. The van der Waals surface area contributed by atoms with Crippen molar-refractivity contribution in [1.82, 2.24) is 0 Å². The topological polar surface area (TPSA) is 55.8 Å². The van der Waals surface area contributed by atoms with Gasteiger partial charge in [-0.05, 0) is 18.9 Å². The summed E-state index contributed by atoms with van der Waals surface area (Å²) in [7, 11) is 2.79. The van der Waals surface area contributed by atoms with Crippen LogP contribution >= 0.6 is 0 Å². The summed E-state index contributed by atoms with van der Waals surface area (Å²) in [5.74, 6) is -1.09. The standard InChI is InChI=1S/C13H15FO4/c1-17-10-7-11(18-2)9(14)6-8(10)13(12(15)16)4-3-5-13/h6-7H,3-5H2,1-2H3,(H,15,16). The molecule has 1 fully saturated rings. The van der Waals surface area contributed by atoms with Gasteiger partial charge in [0.1, 0.15) is 5.75 Å². The van der Waals surface area contributed by atoms with Crippen molar-refractivity contribution in [1.29, 1.82) is 0 Å². The molecule has 0 bridgehead atoms. The molecule has 5 heteroatoms. The van der Waals surface area contributed by atoms with Gasteiger partial charge in [-0.3, -0.25) is 4.79 Å². The average molecular weight is 254 g/mol. The third-order valence-corrected chi connectivity index (χ3v) is 3.61. The lowest BCUT2D eigenvalue weighted by molar-refractivity contribution is -0.147. The zero-order valence-corrected chi connectivity index (χ0v) is 10.3. The minimum atomic E-state index is -1.02. The molecule has 98 valence electrons. The van der Waals surface area contributed by atoms with Gasteiger partial charge in [-0.25, -0.2) is 4.39 Å². The maximum Gasteiger partial charge on any atom is 0.314 e. The first-order valence-corrected chi connectivity index (χ1v) is 5.70. The quantitative estimate of drug-likeness (QED) is 0.896. The number of carbonyl (C=O) groups is 1. The number of rotatable bonds is 4. The van der Waals surface area contributed by atoms with Crippen molar-refractivity contribution in [2.75, 3.05) is 14.2 Å². The van der Waals surface area contributed by atoms with Crippen LogP contribution in [0.4, 0.5) is 4.39 Å². The molecule has 0 aromatic heterocycles. The fourth-order valence-corrected chi connectivity index (χ4v) is 2.36. The molecule has 4 nitrogen and oxygen atoms in total. The van der Waals surface area contributed by atoms with E-state index in [1.807, 2.05) is 0 Å². The van der Waals surface area contributed by atoms with E-state index in [0.29, 0.717) is 24.2 Å². The Morgan fingerprint density at radius 3 is 2.28 bits per heavy atom. The van der Waals surface area contributed by atoms with Crippen molar-refractivity contribution in [2.24, 2.45) is 0 Å². The number of benzene rings is 1. The fraction of sp³-hybridized carbons (Fsp3) is 0.462. The highest BCUT2D eigenvalue weighted by Gasteiger charge is 2.48. The summed E-state index contributed by atoms with van der Waals surface area (Å²) in [6.45, 7) is 0. The monoisotopic (exact) mass is 254 g/mol. The Morgan fingerprint density at radius 1 is 1.28 bits per heavy atom.